The molecule has 4 aromatic rings. The summed E-state index contributed by atoms with van der Waals surface area (Å²) in [5.41, 5.74) is 1.05. The minimum atomic E-state index is -1.33. The largest absolute Gasteiger partial charge is 0.350 e. The second-order valence-electron chi connectivity index (χ2n) is 7.63. The first-order chi connectivity index (χ1) is 16.5. The van der Waals surface area contributed by atoms with E-state index in [9.17, 15) is 18.4 Å². The number of thiophene rings is 1. The van der Waals surface area contributed by atoms with E-state index in [1.807, 2.05) is 41.8 Å². The molecular weight excluding hydrogens is 454 g/mol. The number of anilines is 1. The molecule has 2 amide bonds. The third-order valence-electron chi connectivity index (χ3n) is 5.28. The van der Waals surface area contributed by atoms with Gasteiger partial charge in [-0.2, -0.15) is 0 Å². The first-order valence-corrected chi connectivity index (χ1v) is 11.6. The van der Waals surface area contributed by atoms with E-state index < -0.39 is 29.5 Å². The van der Waals surface area contributed by atoms with Crippen LogP contribution in [0.15, 0.2) is 96.4 Å². The molecular formula is C27H22F2N2O2S. The Morgan fingerprint density at radius 3 is 2.35 bits per heavy atom. The van der Waals surface area contributed by atoms with Crippen LogP contribution in [0.5, 0.6) is 0 Å². The highest BCUT2D eigenvalue weighted by molar-refractivity contribution is 7.10. The molecule has 0 aliphatic rings. The van der Waals surface area contributed by atoms with Gasteiger partial charge in [-0.25, -0.2) is 8.78 Å². The predicted molar refractivity (Wildman–Crippen MR) is 129 cm³/mol. The SMILES string of the molecule is O=C(NCc1ccccc1)[C@H](c1ccccc1F)N(C(=O)Cc1cccs1)c1cccc(F)c1. The van der Waals surface area contributed by atoms with Crippen molar-refractivity contribution in [2.75, 3.05) is 4.90 Å². The van der Waals surface area contributed by atoms with Gasteiger partial charge in [0.15, 0.2) is 0 Å². The van der Waals surface area contributed by atoms with Gasteiger partial charge >= 0.3 is 0 Å². The number of halogens is 2. The molecule has 0 unspecified atom stereocenters. The molecule has 3 aromatic carbocycles. The molecule has 1 N–H and O–H groups in total. The summed E-state index contributed by atoms with van der Waals surface area (Å²) in [4.78, 5) is 29.0. The average Bonchev–Trinajstić information content (AvgIpc) is 3.35. The zero-order valence-electron chi connectivity index (χ0n) is 18.2. The molecule has 0 saturated heterocycles. The number of carbonyl (C=O) groups excluding carboxylic acids is 2. The van der Waals surface area contributed by atoms with E-state index in [-0.39, 0.29) is 24.2 Å². The topological polar surface area (TPSA) is 49.4 Å². The van der Waals surface area contributed by atoms with Crippen LogP contribution in [0, 0.1) is 11.6 Å². The molecule has 0 spiro atoms. The predicted octanol–water partition coefficient (Wildman–Crippen LogP) is 5.66. The van der Waals surface area contributed by atoms with E-state index >= 15 is 0 Å². The molecule has 4 nitrogen and oxygen atoms in total. The summed E-state index contributed by atoms with van der Waals surface area (Å²) in [6.07, 6.45) is -0.00883. The van der Waals surface area contributed by atoms with Crippen molar-refractivity contribution in [1.82, 2.24) is 5.32 Å². The number of carbonyl (C=O) groups is 2. The third-order valence-corrected chi connectivity index (χ3v) is 6.15. The Balaban J connectivity index is 1.76. The molecule has 1 aromatic heterocycles. The zero-order chi connectivity index (χ0) is 23.9. The number of rotatable bonds is 8. The fraction of sp³-hybridized carbons (Fsp3) is 0.111. The second-order valence-corrected chi connectivity index (χ2v) is 8.66. The number of amides is 2. The summed E-state index contributed by atoms with van der Waals surface area (Å²) in [7, 11) is 0. The quantitative estimate of drug-likeness (QED) is 0.357. The highest BCUT2D eigenvalue weighted by Gasteiger charge is 2.34. The van der Waals surface area contributed by atoms with Crippen LogP contribution in [-0.2, 0) is 22.6 Å². The van der Waals surface area contributed by atoms with Crippen molar-refractivity contribution in [3.8, 4) is 0 Å². The van der Waals surface area contributed by atoms with Crippen molar-refractivity contribution in [1.29, 1.82) is 0 Å². The van der Waals surface area contributed by atoms with Gasteiger partial charge in [0, 0.05) is 22.7 Å². The van der Waals surface area contributed by atoms with Crippen LogP contribution in [0.4, 0.5) is 14.5 Å². The Hall–Kier alpha value is -3.84. The highest BCUT2D eigenvalue weighted by Crippen LogP contribution is 2.31. The first-order valence-electron chi connectivity index (χ1n) is 10.7. The van der Waals surface area contributed by atoms with Crippen LogP contribution < -0.4 is 10.2 Å². The van der Waals surface area contributed by atoms with Crippen LogP contribution in [0.1, 0.15) is 22.0 Å². The van der Waals surface area contributed by atoms with Crippen molar-refractivity contribution in [3.05, 3.63) is 124 Å². The molecule has 0 saturated carbocycles. The molecule has 0 aliphatic carbocycles. The van der Waals surface area contributed by atoms with E-state index in [1.165, 1.54) is 58.7 Å². The van der Waals surface area contributed by atoms with E-state index in [4.69, 9.17) is 0 Å². The van der Waals surface area contributed by atoms with Gasteiger partial charge in [0.1, 0.15) is 17.7 Å². The number of hydrogen-bond donors (Lipinski definition) is 1. The Morgan fingerprint density at radius 1 is 0.882 bits per heavy atom. The first kappa shape index (κ1) is 23.3. The highest BCUT2D eigenvalue weighted by atomic mass is 32.1. The maximum Gasteiger partial charge on any atom is 0.248 e. The van der Waals surface area contributed by atoms with Gasteiger partial charge in [-0.1, -0.05) is 60.7 Å². The molecule has 0 aliphatic heterocycles. The summed E-state index contributed by atoms with van der Waals surface area (Å²) in [6.45, 7) is 0.195. The van der Waals surface area contributed by atoms with E-state index in [2.05, 4.69) is 5.32 Å². The van der Waals surface area contributed by atoms with E-state index in [1.54, 1.807) is 12.1 Å². The van der Waals surface area contributed by atoms with E-state index in [0.717, 1.165) is 10.4 Å². The average molecular weight is 477 g/mol. The minimum absolute atomic E-state index is 0.00883. The number of nitrogens with zero attached hydrogens (tertiary/aromatic N) is 1. The molecule has 172 valence electrons. The van der Waals surface area contributed by atoms with Gasteiger partial charge in [-0.15, -0.1) is 11.3 Å². The monoisotopic (exact) mass is 476 g/mol. The standard InChI is InChI=1S/C27H22F2N2O2S/c28-20-10-6-11-21(16-20)31(25(32)17-22-12-7-15-34-22)26(23-13-4-5-14-24(23)29)27(33)30-18-19-8-2-1-3-9-19/h1-16,26H,17-18H2,(H,30,33)/t26-/m0/s1. The van der Waals surface area contributed by atoms with Gasteiger partial charge in [-0.05, 0) is 41.3 Å². The van der Waals surface area contributed by atoms with Crippen molar-refractivity contribution < 1.29 is 18.4 Å². The van der Waals surface area contributed by atoms with Crippen molar-refractivity contribution >= 4 is 28.8 Å². The summed E-state index contributed by atoms with van der Waals surface area (Å²) in [5.74, 6) is -2.22. The molecule has 34 heavy (non-hydrogen) atoms. The van der Waals surface area contributed by atoms with Gasteiger partial charge in [0.05, 0.1) is 6.42 Å². The zero-order valence-corrected chi connectivity index (χ0v) is 19.0. The molecule has 7 heteroatoms. The lowest BCUT2D eigenvalue weighted by atomic mass is 10.0. The Kier molecular flexibility index (Phi) is 7.44. The molecule has 0 fully saturated rings. The van der Waals surface area contributed by atoms with Gasteiger partial charge in [0.25, 0.3) is 0 Å². The smallest absolute Gasteiger partial charge is 0.248 e. The Labute approximate surface area is 200 Å². The summed E-state index contributed by atoms with van der Waals surface area (Å²) in [6, 6.07) is 22.8. The molecule has 4 rings (SSSR count). The van der Waals surface area contributed by atoms with Crippen LogP contribution >= 0.6 is 11.3 Å². The fourth-order valence-corrected chi connectivity index (χ4v) is 4.38. The lowest BCUT2D eigenvalue weighted by molar-refractivity contribution is -0.126. The lowest BCUT2D eigenvalue weighted by Crippen LogP contribution is -2.44. The molecule has 0 radical (unpaired) electrons. The summed E-state index contributed by atoms with van der Waals surface area (Å²) >= 11 is 1.40. The number of benzene rings is 3. The molecule has 1 atom stereocenters. The van der Waals surface area contributed by atoms with Crippen LogP contribution in [0.25, 0.3) is 0 Å². The summed E-state index contributed by atoms with van der Waals surface area (Å²) < 4.78 is 29.1. The normalized spacial score (nSPS) is 11.6. The van der Waals surface area contributed by atoms with Crippen LogP contribution in [0.3, 0.4) is 0 Å². The van der Waals surface area contributed by atoms with Crippen molar-refractivity contribution in [2.24, 2.45) is 0 Å². The van der Waals surface area contributed by atoms with Gasteiger partial charge in [0.2, 0.25) is 11.8 Å². The second kappa shape index (κ2) is 10.9. The lowest BCUT2D eigenvalue weighted by Gasteiger charge is -2.31. The molecule has 0 bridgehead atoms. The fourth-order valence-electron chi connectivity index (χ4n) is 3.69. The number of hydrogen-bond acceptors (Lipinski definition) is 3. The maximum absolute atomic E-state index is 15.0. The minimum Gasteiger partial charge on any atom is -0.350 e. The molecule has 1 heterocycles. The van der Waals surface area contributed by atoms with Gasteiger partial charge in [-0.3, -0.25) is 14.5 Å². The number of nitrogens with one attached hydrogen (secondary N) is 1. The Morgan fingerprint density at radius 2 is 1.65 bits per heavy atom. The van der Waals surface area contributed by atoms with Crippen molar-refractivity contribution in [2.45, 2.75) is 19.0 Å². The van der Waals surface area contributed by atoms with E-state index in [0.29, 0.717) is 0 Å². The van der Waals surface area contributed by atoms with Crippen LogP contribution in [-0.4, -0.2) is 11.8 Å². The Bertz CT molecular complexity index is 1260. The van der Waals surface area contributed by atoms with Gasteiger partial charge < -0.3 is 5.32 Å². The van der Waals surface area contributed by atoms with Crippen molar-refractivity contribution in [3.63, 3.8) is 0 Å². The maximum atomic E-state index is 15.0. The van der Waals surface area contributed by atoms with Crippen LogP contribution in [0.2, 0.25) is 0 Å². The third kappa shape index (κ3) is 5.55. The summed E-state index contributed by atoms with van der Waals surface area (Å²) in [5, 5.41) is 4.66.